The Morgan fingerprint density at radius 3 is 3.04 bits per heavy atom. The first-order valence-corrected chi connectivity index (χ1v) is 10.1. The fourth-order valence-corrected chi connectivity index (χ4v) is 5.29. The smallest absolute Gasteiger partial charge is 0.320 e. The van der Waals surface area contributed by atoms with Gasteiger partial charge < -0.3 is 9.84 Å². The Hall–Kier alpha value is -1.92. The van der Waals surface area contributed by atoms with Gasteiger partial charge in [0.25, 0.3) is 0 Å². The van der Waals surface area contributed by atoms with E-state index in [-0.39, 0.29) is 6.04 Å². The lowest BCUT2D eigenvalue weighted by atomic mass is 9.85. The van der Waals surface area contributed by atoms with Crippen molar-refractivity contribution in [3.63, 3.8) is 0 Å². The average molecular weight is 372 g/mol. The Bertz CT molecular complexity index is 791. The van der Waals surface area contributed by atoms with Gasteiger partial charge in [-0.05, 0) is 37.3 Å². The van der Waals surface area contributed by atoms with Crippen LogP contribution in [-0.2, 0) is 11.3 Å². The highest BCUT2D eigenvalue weighted by Crippen LogP contribution is 2.40. The molecule has 1 saturated carbocycles. The molecule has 2 heterocycles. The van der Waals surface area contributed by atoms with Gasteiger partial charge in [0.2, 0.25) is 0 Å². The van der Waals surface area contributed by atoms with E-state index in [0.29, 0.717) is 18.5 Å². The molecule has 2 aromatic rings. The Morgan fingerprint density at radius 1 is 1.38 bits per heavy atom. The minimum Gasteiger partial charge on any atom is -0.497 e. The number of aliphatic carboxylic acids is 1. The fraction of sp³-hybridized carbons (Fsp3) is 0.500. The molecule has 0 spiro atoms. The summed E-state index contributed by atoms with van der Waals surface area (Å²) in [7, 11) is 1.66. The first-order valence-electron chi connectivity index (χ1n) is 9.23. The van der Waals surface area contributed by atoms with Crippen LogP contribution in [0.2, 0.25) is 0 Å². The number of hydrogen-bond acceptors (Lipinski definition) is 5. The number of fused-ring (bicyclic) bond motifs is 1. The van der Waals surface area contributed by atoms with Crippen molar-refractivity contribution in [2.24, 2.45) is 5.92 Å². The highest BCUT2D eigenvalue weighted by Gasteiger charge is 2.45. The molecule has 138 valence electrons. The molecule has 3 atom stereocenters. The van der Waals surface area contributed by atoms with E-state index in [1.54, 1.807) is 18.4 Å². The molecule has 6 heteroatoms. The molecule has 1 aromatic heterocycles. The summed E-state index contributed by atoms with van der Waals surface area (Å²) in [5, 5.41) is 12.7. The van der Waals surface area contributed by atoms with Crippen molar-refractivity contribution in [3.8, 4) is 16.3 Å². The summed E-state index contributed by atoms with van der Waals surface area (Å²) in [6.45, 7) is 0.624. The van der Waals surface area contributed by atoms with Crippen LogP contribution < -0.4 is 4.74 Å². The van der Waals surface area contributed by atoms with Crippen LogP contribution in [0.4, 0.5) is 0 Å². The summed E-state index contributed by atoms with van der Waals surface area (Å²) < 4.78 is 5.29. The van der Waals surface area contributed by atoms with E-state index in [4.69, 9.17) is 9.72 Å². The van der Waals surface area contributed by atoms with Gasteiger partial charge in [-0.2, -0.15) is 0 Å². The van der Waals surface area contributed by atoms with Crippen LogP contribution in [0.25, 0.3) is 10.6 Å². The molecular weight excluding hydrogens is 348 g/mol. The second-order valence-electron chi connectivity index (χ2n) is 7.25. The first-order chi connectivity index (χ1) is 12.7. The number of likely N-dealkylation sites (tertiary alicyclic amines) is 1. The number of ether oxygens (including phenoxy) is 1. The van der Waals surface area contributed by atoms with Crippen molar-refractivity contribution in [1.82, 2.24) is 9.88 Å². The summed E-state index contributed by atoms with van der Waals surface area (Å²) in [6.07, 6.45) is 5.50. The minimum atomic E-state index is -0.692. The summed E-state index contributed by atoms with van der Waals surface area (Å²) in [6, 6.07) is 7.91. The van der Waals surface area contributed by atoms with Crippen LogP contribution >= 0.6 is 11.3 Å². The van der Waals surface area contributed by atoms with E-state index in [1.807, 2.05) is 24.3 Å². The van der Waals surface area contributed by atoms with E-state index >= 15 is 0 Å². The monoisotopic (exact) mass is 372 g/mol. The number of thiazole rings is 1. The predicted molar refractivity (Wildman–Crippen MR) is 101 cm³/mol. The quantitative estimate of drug-likeness (QED) is 0.858. The third-order valence-electron chi connectivity index (χ3n) is 5.72. The predicted octanol–water partition coefficient (Wildman–Crippen LogP) is 4.04. The maximum Gasteiger partial charge on any atom is 0.320 e. The number of hydrogen-bond donors (Lipinski definition) is 1. The highest BCUT2D eigenvalue weighted by atomic mass is 32.1. The second kappa shape index (κ2) is 7.37. The Balaban J connectivity index is 1.54. The number of benzene rings is 1. The van der Waals surface area contributed by atoms with Gasteiger partial charge in [0, 0.05) is 23.5 Å². The van der Waals surface area contributed by atoms with Gasteiger partial charge in [0.15, 0.2) is 0 Å². The van der Waals surface area contributed by atoms with Crippen LogP contribution in [0, 0.1) is 5.92 Å². The molecule has 5 nitrogen and oxygen atoms in total. The molecule has 4 rings (SSSR count). The van der Waals surface area contributed by atoms with Crippen LogP contribution in [0.5, 0.6) is 5.75 Å². The van der Waals surface area contributed by atoms with Crippen LogP contribution in [-0.4, -0.2) is 40.2 Å². The molecule has 2 aliphatic rings. The third-order valence-corrected chi connectivity index (χ3v) is 6.66. The van der Waals surface area contributed by atoms with Crippen molar-refractivity contribution in [3.05, 3.63) is 35.3 Å². The Kier molecular flexibility index (Phi) is 4.96. The Morgan fingerprint density at radius 2 is 2.23 bits per heavy atom. The van der Waals surface area contributed by atoms with Crippen molar-refractivity contribution in [2.75, 3.05) is 7.11 Å². The van der Waals surface area contributed by atoms with Crippen LogP contribution in [0.3, 0.4) is 0 Å². The Labute approximate surface area is 157 Å². The molecule has 1 N–H and O–H groups in total. The summed E-state index contributed by atoms with van der Waals surface area (Å²) in [4.78, 5) is 18.7. The number of carboxylic acid groups (broad SMARTS) is 1. The van der Waals surface area contributed by atoms with Gasteiger partial charge in [-0.25, -0.2) is 4.98 Å². The van der Waals surface area contributed by atoms with Crippen LogP contribution in [0.1, 0.15) is 37.8 Å². The van der Waals surface area contributed by atoms with E-state index in [1.165, 1.54) is 12.8 Å². The SMILES string of the molecule is COc1cccc(-c2nc(CN3C(C(=O)O)CC4CCCCC43)cs2)c1. The summed E-state index contributed by atoms with van der Waals surface area (Å²) >= 11 is 1.60. The van der Waals surface area contributed by atoms with Gasteiger partial charge >= 0.3 is 5.97 Å². The molecule has 2 fully saturated rings. The van der Waals surface area contributed by atoms with Crippen molar-refractivity contribution < 1.29 is 14.6 Å². The maximum atomic E-state index is 11.8. The number of carboxylic acids is 1. The standard InChI is InChI=1S/C20H24N2O3S/c1-25-16-7-4-6-14(9-16)19-21-15(12-26-19)11-22-17-8-3-2-5-13(17)10-18(22)20(23)24/h4,6-7,9,12-13,17-18H,2-3,5,8,10-11H2,1H3,(H,23,24). The zero-order chi connectivity index (χ0) is 18.1. The zero-order valence-corrected chi connectivity index (χ0v) is 15.7. The number of carbonyl (C=O) groups is 1. The van der Waals surface area contributed by atoms with Gasteiger partial charge in [-0.15, -0.1) is 11.3 Å². The molecule has 0 bridgehead atoms. The average Bonchev–Trinajstić information content (AvgIpc) is 3.27. The largest absolute Gasteiger partial charge is 0.497 e. The highest BCUT2D eigenvalue weighted by molar-refractivity contribution is 7.13. The zero-order valence-electron chi connectivity index (χ0n) is 14.9. The lowest BCUT2D eigenvalue weighted by molar-refractivity contribution is -0.142. The van der Waals surface area contributed by atoms with E-state index in [2.05, 4.69) is 10.3 Å². The van der Waals surface area contributed by atoms with Crippen LogP contribution in [0.15, 0.2) is 29.6 Å². The molecule has 1 aliphatic heterocycles. The number of rotatable bonds is 5. The van der Waals surface area contributed by atoms with E-state index < -0.39 is 5.97 Å². The lowest BCUT2D eigenvalue weighted by Crippen LogP contribution is -2.41. The lowest BCUT2D eigenvalue weighted by Gasteiger charge is -2.32. The minimum absolute atomic E-state index is 0.370. The van der Waals surface area contributed by atoms with Gasteiger partial charge in [-0.1, -0.05) is 25.0 Å². The summed E-state index contributed by atoms with van der Waals surface area (Å²) in [5.41, 5.74) is 2.00. The molecule has 3 unspecified atom stereocenters. The van der Waals surface area contributed by atoms with Gasteiger partial charge in [0.05, 0.1) is 12.8 Å². The van der Waals surface area contributed by atoms with Crippen molar-refractivity contribution >= 4 is 17.3 Å². The second-order valence-corrected chi connectivity index (χ2v) is 8.11. The van der Waals surface area contributed by atoms with E-state index in [0.717, 1.165) is 41.3 Å². The van der Waals surface area contributed by atoms with Gasteiger partial charge in [0.1, 0.15) is 16.8 Å². The number of methoxy groups -OCH3 is 1. The molecule has 1 aromatic carbocycles. The number of nitrogens with zero attached hydrogens (tertiary/aromatic N) is 2. The molecule has 1 saturated heterocycles. The topological polar surface area (TPSA) is 62.7 Å². The van der Waals surface area contributed by atoms with Crippen molar-refractivity contribution in [2.45, 2.75) is 50.7 Å². The normalized spacial score (nSPS) is 25.8. The molecule has 0 radical (unpaired) electrons. The first kappa shape index (κ1) is 17.5. The number of aromatic nitrogens is 1. The third kappa shape index (κ3) is 3.35. The maximum absolute atomic E-state index is 11.8. The van der Waals surface area contributed by atoms with Crippen molar-refractivity contribution in [1.29, 1.82) is 0 Å². The van der Waals surface area contributed by atoms with E-state index in [9.17, 15) is 9.90 Å². The fourth-order valence-electron chi connectivity index (χ4n) is 4.48. The molecule has 1 aliphatic carbocycles. The molecule has 26 heavy (non-hydrogen) atoms. The summed E-state index contributed by atoms with van der Waals surface area (Å²) in [5.74, 6) is 0.652. The molecular formula is C20H24N2O3S. The van der Waals surface area contributed by atoms with Gasteiger partial charge in [-0.3, -0.25) is 9.69 Å². The molecule has 0 amide bonds.